The molecule has 2 aromatic carbocycles. The van der Waals surface area contributed by atoms with Crippen LogP contribution in [0.25, 0.3) is 16.5 Å². The van der Waals surface area contributed by atoms with Gasteiger partial charge in [0.1, 0.15) is 10.8 Å². The highest BCUT2D eigenvalue weighted by Crippen LogP contribution is 2.32. The smallest absolute Gasteiger partial charge is 0.416 e. The number of hydrogen-bond acceptors (Lipinski definition) is 7. The molecule has 0 saturated carbocycles. The molecule has 0 aliphatic rings. The predicted octanol–water partition coefficient (Wildman–Crippen LogP) is 5.29. The quantitative estimate of drug-likeness (QED) is 0.325. The third-order valence-corrected chi connectivity index (χ3v) is 6.11. The molecule has 1 amide bonds. The maximum absolute atomic E-state index is 13.5. The Morgan fingerprint density at radius 1 is 1.03 bits per heavy atom. The maximum Gasteiger partial charge on any atom is 0.416 e. The largest absolute Gasteiger partial charge is 0.494 e. The second kappa shape index (κ2) is 10.4. The molecule has 4 rings (SSSR count). The lowest BCUT2D eigenvalue weighted by Crippen LogP contribution is -2.25. The van der Waals surface area contributed by atoms with Crippen LogP contribution in [-0.4, -0.2) is 34.9 Å². The number of hydrogen-bond donors (Lipinski definition) is 1. The summed E-state index contributed by atoms with van der Waals surface area (Å²) in [6.07, 6.45) is -4.54. The van der Waals surface area contributed by atoms with Crippen molar-refractivity contribution in [3.63, 3.8) is 0 Å². The lowest BCUT2D eigenvalue weighted by atomic mass is 10.1. The summed E-state index contributed by atoms with van der Waals surface area (Å²) < 4.78 is 50.1. The van der Waals surface area contributed by atoms with E-state index in [1.54, 1.807) is 31.2 Å². The number of halogens is 3. The van der Waals surface area contributed by atoms with Crippen LogP contribution in [0.2, 0.25) is 0 Å². The van der Waals surface area contributed by atoms with Crippen LogP contribution in [0.5, 0.6) is 5.75 Å². The number of aromatic nitrogens is 2. The first-order valence-corrected chi connectivity index (χ1v) is 12.0. The average Bonchev–Trinajstić information content (AvgIpc) is 3.29. The Hall–Kier alpha value is -4.19. The van der Waals surface area contributed by atoms with Gasteiger partial charge in [-0.3, -0.25) is 9.59 Å². The van der Waals surface area contributed by atoms with Gasteiger partial charge in [-0.1, -0.05) is 0 Å². The number of carbonyl (C=O) groups is 2. The van der Waals surface area contributed by atoms with E-state index >= 15 is 0 Å². The van der Waals surface area contributed by atoms with E-state index in [9.17, 15) is 27.6 Å². The van der Waals surface area contributed by atoms with Crippen LogP contribution in [0.4, 0.5) is 18.2 Å². The summed E-state index contributed by atoms with van der Waals surface area (Å²) in [4.78, 5) is 38.9. The summed E-state index contributed by atoms with van der Waals surface area (Å²) in [6, 6.07) is 10.1. The zero-order chi connectivity index (χ0) is 26.7. The summed E-state index contributed by atoms with van der Waals surface area (Å²) in [6.45, 7) is 3.98. The summed E-state index contributed by atoms with van der Waals surface area (Å²) in [5.41, 5.74) is -1.34. The summed E-state index contributed by atoms with van der Waals surface area (Å²) in [5.74, 6) is -0.907. The van der Waals surface area contributed by atoms with Gasteiger partial charge in [-0.15, -0.1) is 11.3 Å². The molecule has 0 aliphatic carbocycles. The summed E-state index contributed by atoms with van der Waals surface area (Å²) in [7, 11) is 0. The number of fused-ring (bicyclic) bond motifs is 1. The fourth-order valence-electron chi connectivity index (χ4n) is 3.50. The molecule has 8 nitrogen and oxygen atoms in total. The van der Waals surface area contributed by atoms with E-state index in [2.05, 4.69) is 10.4 Å². The molecule has 0 saturated heterocycles. The second-order valence-electron chi connectivity index (χ2n) is 7.60. The van der Waals surface area contributed by atoms with Crippen molar-refractivity contribution >= 4 is 39.0 Å². The van der Waals surface area contributed by atoms with Crippen LogP contribution in [0, 0.1) is 0 Å². The van der Waals surface area contributed by atoms with Crippen LogP contribution < -0.4 is 15.6 Å². The average molecular weight is 532 g/mol. The Kier molecular flexibility index (Phi) is 7.30. The molecule has 0 unspecified atom stereocenters. The van der Waals surface area contributed by atoms with Crippen molar-refractivity contribution in [2.24, 2.45) is 0 Å². The number of nitrogens with one attached hydrogen (secondary N) is 1. The van der Waals surface area contributed by atoms with Crippen LogP contribution in [0.15, 0.2) is 58.7 Å². The Labute approximate surface area is 212 Å². The van der Waals surface area contributed by atoms with Gasteiger partial charge in [-0.25, -0.2) is 4.79 Å². The van der Waals surface area contributed by atoms with E-state index in [4.69, 9.17) is 9.47 Å². The molecule has 2 heterocycles. The fraction of sp³-hybridized carbons (Fsp3) is 0.200. The number of alkyl halides is 3. The van der Waals surface area contributed by atoms with E-state index in [1.807, 2.05) is 6.92 Å². The fourth-order valence-corrected chi connectivity index (χ4v) is 4.43. The Bertz CT molecular complexity index is 1510. The number of thiophene rings is 1. The Balaban J connectivity index is 1.78. The number of rotatable bonds is 7. The van der Waals surface area contributed by atoms with Gasteiger partial charge in [0.2, 0.25) is 0 Å². The summed E-state index contributed by atoms with van der Waals surface area (Å²) >= 11 is 0.977. The van der Waals surface area contributed by atoms with Gasteiger partial charge in [0, 0.05) is 16.3 Å². The van der Waals surface area contributed by atoms with Crippen molar-refractivity contribution < 1.29 is 32.2 Å². The number of benzene rings is 2. The zero-order valence-electron chi connectivity index (χ0n) is 19.6. The van der Waals surface area contributed by atoms with Crippen molar-refractivity contribution in [3.8, 4) is 11.4 Å². The van der Waals surface area contributed by atoms with Gasteiger partial charge in [0.25, 0.3) is 11.5 Å². The van der Waals surface area contributed by atoms with Crippen LogP contribution in [-0.2, 0) is 10.9 Å². The highest BCUT2D eigenvalue weighted by atomic mass is 32.1. The normalized spacial score (nSPS) is 11.4. The maximum atomic E-state index is 13.5. The molecule has 0 radical (unpaired) electrons. The van der Waals surface area contributed by atoms with Crippen molar-refractivity contribution in [1.82, 2.24) is 9.78 Å². The lowest BCUT2D eigenvalue weighted by molar-refractivity contribution is -0.137. The predicted molar refractivity (Wildman–Crippen MR) is 132 cm³/mol. The van der Waals surface area contributed by atoms with Crippen molar-refractivity contribution in [3.05, 3.63) is 81.1 Å². The van der Waals surface area contributed by atoms with Gasteiger partial charge in [0.05, 0.1) is 29.9 Å². The third-order valence-electron chi connectivity index (χ3n) is 5.21. The minimum absolute atomic E-state index is 0.0113. The Morgan fingerprint density at radius 3 is 2.30 bits per heavy atom. The van der Waals surface area contributed by atoms with Gasteiger partial charge in [-0.2, -0.15) is 23.0 Å². The van der Waals surface area contributed by atoms with E-state index < -0.39 is 29.2 Å². The van der Waals surface area contributed by atoms with Gasteiger partial charge in [0.15, 0.2) is 5.69 Å². The number of carbonyl (C=O) groups excluding carboxylic acids is 2. The zero-order valence-corrected chi connectivity index (χ0v) is 20.4. The number of esters is 1. The van der Waals surface area contributed by atoms with Crippen molar-refractivity contribution in [2.75, 3.05) is 18.5 Å². The highest BCUT2D eigenvalue weighted by Gasteiger charge is 2.30. The molecule has 0 atom stereocenters. The number of ether oxygens (including phenoxy) is 2. The second-order valence-corrected chi connectivity index (χ2v) is 8.48. The standard InChI is InChI=1S/C25H20F3N3O5S/c1-3-35-17-11-9-16(10-12-17)31-23(33)19-18(20(30-31)24(34)36-4-2)13-37-22(19)29-21(32)14-5-7-15(8-6-14)25(26,27)28/h5-13H,3-4H2,1-2H3,(H,29,32). The topological polar surface area (TPSA) is 99.5 Å². The molecule has 4 aromatic rings. The molecule has 0 aliphatic heterocycles. The first kappa shape index (κ1) is 25.9. The molecule has 0 fully saturated rings. The minimum atomic E-state index is -4.54. The van der Waals surface area contributed by atoms with Gasteiger partial charge in [-0.05, 0) is 62.4 Å². The van der Waals surface area contributed by atoms with E-state index in [0.717, 1.165) is 40.3 Å². The third kappa shape index (κ3) is 5.33. The molecule has 1 N–H and O–H groups in total. The lowest BCUT2D eigenvalue weighted by Gasteiger charge is -2.11. The number of nitrogens with zero attached hydrogens (tertiary/aromatic N) is 2. The molecule has 37 heavy (non-hydrogen) atoms. The van der Waals surface area contributed by atoms with Crippen LogP contribution in [0.1, 0.15) is 40.3 Å². The molecular formula is C25H20F3N3O5S. The van der Waals surface area contributed by atoms with Crippen molar-refractivity contribution in [1.29, 1.82) is 0 Å². The van der Waals surface area contributed by atoms with E-state index in [-0.39, 0.29) is 33.6 Å². The molecule has 12 heteroatoms. The first-order valence-electron chi connectivity index (χ1n) is 11.1. The van der Waals surface area contributed by atoms with Gasteiger partial charge >= 0.3 is 12.1 Å². The number of anilines is 1. The van der Waals surface area contributed by atoms with Crippen molar-refractivity contribution in [2.45, 2.75) is 20.0 Å². The minimum Gasteiger partial charge on any atom is -0.494 e. The van der Waals surface area contributed by atoms with Gasteiger partial charge < -0.3 is 14.8 Å². The molecule has 2 aromatic heterocycles. The van der Waals surface area contributed by atoms with E-state index in [1.165, 1.54) is 5.38 Å². The number of amides is 1. The Morgan fingerprint density at radius 2 is 1.70 bits per heavy atom. The molecule has 0 bridgehead atoms. The summed E-state index contributed by atoms with van der Waals surface area (Å²) in [5, 5.41) is 8.58. The highest BCUT2D eigenvalue weighted by molar-refractivity contribution is 7.16. The van der Waals surface area contributed by atoms with Crippen LogP contribution >= 0.6 is 11.3 Å². The molecule has 192 valence electrons. The SMILES string of the molecule is CCOC(=O)c1nn(-c2ccc(OCC)cc2)c(=O)c2c(NC(=O)c3ccc(C(F)(F)F)cc3)scc12. The van der Waals surface area contributed by atoms with E-state index in [0.29, 0.717) is 18.0 Å². The molecule has 0 spiro atoms. The first-order chi connectivity index (χ1) is 17.6. The molecular weight excluding hydrogens is 511 g/mol. The monoisotopic (exact) mass is 531 g/mol. The van der Waals surface area contributed by atoms with Crippen LogP contribution in [0.3, 0.4) is 0 Å².